The molecule has 5 rings (SSSR count). The number of hydrogen-bond acceptors (Lipinski definition) is 39. The lowest BCUT2D eigenvalue weighted by molar-refractivity contribution is -0.339. The van der Waals surface area contributed by atoms with Gasteiger partial charge in [-0.3, -0.25) is 9.59 Å². The molecule has 0 aromatic rings. The quantitative estimate of drug-likeness (QED) is 0.0475. The van der Waals surface area contributed by atoms with Gasteiger partial charge in [-0.2, -0.15) is 23.5 Å². The smallest absolute Gasteiger partial charge is 0.321 e. The number of aliphatic hydroxyl groups excluding tert-OH is 23. The van der Waals surface area contributed by atoms with E-state index in [1.54, 1.807) is 0 Å². The Morgan fingerprint density at radius 2 is 0.719 bits per heavy atom. The summed E-state index contributed by atoms with van der Waals surface area (Å²) in [6.07, 6.45) is -50.4. The molecule has 29 N–H and O–H groups in total. The van der Waals surface area contributed by atoms with E-state index in [1.807, 2.05) is 0 Å². The molecule has 6 unspecified atom stereocenters. The lowest BCUT2D eigenvalue weighted by Crippen LogP contribution is -2.62. The molecule has 2 fully saturated rings. The number of rotatable bonds is 21. The van der Waals surface area contributed by atoms with Crippen molar-refractivity contribution >= 4 is 35.5 Å². The van der Waals surface area contributed by atoms with Crippen molar-refractivity contribution in [2.24, 2.45) is 11.5 Å². The van der Waals surface area contributed by atoms with E-state index < -0.39 is 277 Å². The van der Waals surface area contributed by atoms with Gasteiger partial charge in [0, 0.05) is 56.3 Å². The van der Waals surface area contributed by atoms with Crippen molar-refractivity contribution in [3.05, 3.63) is 46.1 Å². The van der Waals surface area contributed by atoms with E-state index >= 15 is 0 Å². The van der Waals surface area contributed by atoms with Crippen LogP contribution in [0.4, 0.5) is 0 Å². The maximum absolute atomic E-state index is 11.5. The summed E-state index contributed by atoms with van der Waals surface area (Å²) in [6.45, 7) is -7.59. The first-order valence-corrected chi connectivity index (χ1v) is 29.1. The number of thioether (sulfide) groups is 2. The van der Waals surface area contributed by atoms with Gasteiger partial charge in [-0.05, 0) is 12.2 Å². The van der Waals surface area contributed by atoms with Crippen molar-refractivity contribution in [1.29, 1.82) is 0 Å². The van der Waals surface area contributed by atoms with E-state index in [1.165, 1.54) is 0 Å². The Morgan fingerprint density at radius 3 is 1.09 bits per heavy atom. The zero-order valence-electron chi connectivity index (χ0n) is 46.9. The van der Waals surface area contributed by atoms with Crippen molar-refractivity contribution in [3.8, 4) is 0 Å². The van der Waals surface area contributed by atoms with E-state index in [0.717, 1.165) is 23.5 Å². The van der Waals surface area contributed by atoms with Crippen molar-refractivity contribution in [2.45, 2.75) is 167 Å². The molecular formula is C48H82N2O37S2. The topological polar surface area (TPSA) is 684 Å². The SMILES string of the molecule is N[C@H](CSCC[C@H]1O[C@@H](O)/C(O)=C(\O)[C@@H](CCO)OC2OC(CO)[C@@H](O[C@@H](O)/C(O)=C(\O)[C@@H](CCO)O[C@H](CO)OC(CSC[C@@H](N)C(=O)O)[C@H](CO)O[C@H]3OC(CO)[C@@H](O[C@@H](O)/C(O)=C(\O)[C@@H](CCO)O[C@@H](O)/C(O)=C\1O)[C@H](O)C3O)C(O)[C@@H]2O)C(=O)O. The van der Waals surface area contributed by atoms with Crippen LogP contribution in [0.15, 0.2) is 46.1 Å². The largest absolute Gasteiger partial charge is 0.506 e. The van der Waals surface area contributed by atoms with E-state index in [0.29, 0.717) is 0 Å². The Kier molecular flexibility index (Phi) is 34.5. The second-order valence-electron chi connectivity index (χ2n) is 19.6. The fraction of sp³-hybridized carbons (Fsp3) is 0.792. The number of hydrogen-bond donors (Lipinski definition) is 27. The van der Waals surface area contributed by atoms with Crippen LogP contribution in [0, 0.1) is 0 Å². The van der Waals surface area contributed by atoms with Crippen LogP contribution < -0.4 is 11.5 Å². The van der Waals surface area contributed by atoms with Gasteiger partial charge in [0.05, 0.1) is 32.5 Å². The van der Waals surface area contributed by atoms with Crippen LogP contribution >= 0.6 is 23.5 Å². The first-order chi connectivity index (χ1) is 42.0. The lowest BCUT2D eigenvalue weighted by atomic mass is 9.98. The second kappa shape index (κ2) is 38.8. The van der Waals surface area contributed by atoms with Gasteiger partial charge in [0.15, 0.2) is 64.9 Å². The molecule has 0 aromatic heterocycles. The van der Waals surface area contributed by atoms with Crippen LogP contribution in [0.3, 0.4) is 0 Å². The van der Waals surface area contributed by atoms with Gasteiger partial charge < -0.3 is 186 Å². The Morgan fingerprint density at radius 1 is 0.382 bits per heavy atom. The maximum Gasteiger partial charge on any atom is 0.321 e. The zero-order chi connectivity index (χ0) is 67.1. The summed E-state index contributed by atoms with van der Waals surface area (Å²) in [5.41, 5.74) is 11.2. The fourth-order valence-corrected chi connectivity index (χ4v) is 10.3. The molecule has 5 heterocycles. The molecule has 41 heteroatoms. The van der Waals surface area contributed by atoms with Crippen molar-refractivity contribution in [1.82, 2.24) is 0 Å². The highest BCUT2D eigenvalue weighted by Crippen LogP contribution is 2.33. The molecule has 4 bridgehead atoms. The van der Waals surface area contributed by atoms with E-state index in [4.69, 9.17) is 58.8 Å². The lowest BCUT2D eigenvalue weighted by Gasteiger charge is -2.43. The summed E-state index contributed by atoms with van der Waals surface area (Å²) in [5, 5.41) is 268. The van der Waals surface area contributed by atoms with Gasteiger partial charge in [-0.25, -0.2) is 0 Å². The highest BCUT2D eigenvalue weighted by Gasteiger charge is 2.50. The van der Waals surface area contributed by atoms with Gasteiger partial charge in [0.2, 0.25) is 25.2 Å². The van der Waals surface area contributed by atoms with E-state index in [9.17, 15) is 137 Å². The fourth-order valence-electron chi connectivity index (χ4n) is 8.29. The number of carbonyl (C=O) groups is 2. The van der Waals surface area contributed by atoms with Gasteiger partial charge >= 0.3 is 11.9 Å². The summed E-state index contributed by atoms with van der Waals surface area (Å²) in [7, 11) is 0. The number of ether oxygens (including phenoxy) is 10. The van der Waals surface area contributed by atoms with Crippen LogP contribution in [-0.2, 0) is 57.0 Å². The summed E-state index contributed by atoms with van der Waals surface area (Å²) in [4.78, 5) is 22.9. The van der Waals surface area contributed by atoms with Crippen LogP contribution in [0.2, 0.25) is 0 Å². The number of nitrogens with two attached hydrogens (primary N) is 2. The first kappa shape index (κ1) is 79.2. The molecule has 2 saturated heterocycles. The highest BCUT2D eigenvalue weighted by molar-refractivity contribution is 7.99. The third kappa shape index (κ3) is 22.6. The predicted molar refractivity (Wildman–Crippen MR) is 291 cm³/mol. The predicted octanol–water partition coefficient (Wildman–Crippen LogP) is -8.32. The molecule has 0 spiro atoms. The molecule has 0 aliphatic carbocycles. The first-order valence-electron chi connectivity index (χ1n) is 26.8. The van der Waals surface area contributed by atoms with Gasteiger partial charge in [0.25, 0.3) is 0 Å². The van der Waals surface area contributed by atoms with E-state index in [2.05, 4.69) is 0 Å². The highest BCUT2D eigenvalue weighted by atomic mass is 32.2. The van der Waals surface area contributed by atoms with Gasteiger partial charge in [-0.15, -0.1) is 0 Å². The van der Waals surface area contributed by atoms with Crippen LogP contribution in [0.5, 0.6) is 0 Å². The number of fused-ring (bicyclic) bond motifs is 2. The normalized spacial score (nSPS) is 39.4. The molecule has 0 aromatic carbocycles. The Balaban J connectivity index is 2.25. The summed E-state index contributed by atoms with van der Waals surface area (Å²) < 4.78 is 54.8. The minimum absolute atomic E-state index is 0.302. The van der Waals surface area contributed by atoms with Crippen LogP contribution in [-0.4, -0.2) is 350 Å². The molecule has 5 aliphatic rings. The summed E-state index contributed by atoms with van der Waals surface area (Å²) >= 11 is 1.50. The molecule has 39 nitrogen and oxygen atoms in total. The minimum Gasteiger partial charge on any atom is -0.506 e. The minimum atomic E-state index is -2.87. The number of aliphatic hydroxyl groups is 23. The Labute approximate surface area is 512 Å². The molecule has 5 aliphatic heterocycles. The number of aliphatic carboxylic acids is 2. The Hall–Kier alpha value is -4.08. The molecule has 0 saturated carbocycles. The molecule has 89 heavy (non-hydrogen) atoms. The van der Waals surface area contributed by atoms with Gasteiger partial charge in [-0.1, -0.05) is 0 Å². The molecule has 0 amide bonds. The summed E-state index contributed by atoms with van der Waals surface area (Å²) in [5.74, 6) is -16.7. The monoisotopic (exact) mass is 1340 g/mol. The molecule has 518 valence electrons. The zero-order valence-corrected chi connectivity index (χ0v) is 48.6. The molecular weight excluding hydrogens is 1260 g/mol. The number of carboxylic acids is 2. The van der Waals surface area contributed by atoms with Crippen molar-refractivity contribution in [2.75, 3.05) is 69.3 Å². The van der Waals surface area contributed by atoms with Crippen molar-refractivity contribution < 1.29 is 185 Å². The van der Waals surface area contributed by atoms with Crippen LogP contribution in [0.1, 0.15) is 25.7 Å². The van der Waals surface area contributed by atoms with Gasteiger partial charge in [0.1, 0.15) is 91.4 Å². The Bertz CT molecular complexity index is 2270. The molecule has 0 radical (unpaired) electrons. The number of carboxylic acid groups (broad SMARTS) is 2. The van der Waals surface area contributed by atoms with E-state index in [-0.39, 0.29) is 17.3 Å². The average molecular weight is 1340 g/mol. The standard InChI is InChI=1S/C48H82N2O37S2/c49-16(41(70)71)13-88-8-4-21-30(61)34(65)43(74)80-19(2-6-52)28(59)36(67)46(77)87-40-24(11-56)85-48(38(69)32(40)63)83-22(9-54)25(15-89-14-17(50)42(72)73)79-26(12-57)78-18(1-5-51)27(58)35(66)45(76)86-39-23(10-55)84-47(37(68)31(39)62)82-20(3-7-53)29(60)33(64)44(75)81-21/h16-26,31-32,37-40,43-48,51-69,74-77H,1-15,49-50H2,(H,70,71)(H,72,73)/b33-29+,34-30-,35-27+,36-28+/t16-,17-,18-,19-,20-,21-,22+,23?,24?,25?,26+,31?,32-,37+,38?,39-,40-,43-,44-,45-,46-,47?,48+/m1/s1. The van der Waals surface area contributed by atoms with Crippen molar-refractivity contribution in [3.63, 3.8) is 0 Å². The second-order valence-corrected chi connectivity index (χ2v) is 21.8. The summed E-state index contributed by atoms with van der Waals surface area (Å²) in [6, 6.07) is -2.97. The molecule has 23 atom stereocenters. The average Bonchev–Trinajstić information content (AvgIpc) is 1.37. The van der Waals surface area contributed by atoms with Crippen LogP contribution in [0.25, 0.3) is 0 Å². The third-order valence-corrected chi connectivity index (χ3v) is 15.5. The third-order valence-electron chi connectivity index (χ3n) is 13.2. The maximum atomic E-state index is 11.5.